The van der Waals surface area contributed by atoms with Crippen molar-refractivity contribution < 1.29 is 0 Å². The van der Waals surface area contributed by atoms with E-state index in [0.717, 1.165) is 22.5 Å². The van der Waals surface area contributed by atoms with Gasteiger partial charge in [0.1, 0.15) is 6.17 Å². The number of rotatable bonds is 4. The highest BCUT2D eigenvalue weighted by atomic mass is 35.6. The van der Waals surface area contributed by atoms with Crippen LogP contribution >= 0.6 is 58.0 Å². The quantitative estimate of drug-likeness (QED) is 0.425. The molecule has 23 heavy (non-hydrogen) atoms. The van der Waals surface area contributed by atoms with E-state index in [1.807, 2.05) is 38.1 Å². The standard InChI is InChI=1S/C16H15Cl5N2/c1-9-11(17)5-3-7-13(9)22-15(16(19,20)21)23-14-8-4-6-12(18)10(14)2/h3-8,15,22-23H,1-2H3. The molecule has 7 heteroatoms. The van der Waals surface area contributed by atoms with Gasteiger partial charge < -0.3 is 10.6 Å². The zero-order valence-corrected chi connectivity index (χ0v) is 16.2. The highest BCUT2D eigenvalue weighted by Gasteiger charge is 2.33. The van der Waals surface area contributed by atoms with Gasteiger partial charge in [-0.25, -0.2) is 0 Å². The lowest BCUT2D eigenvalue weighted by Gasteiger charge is -2.30. The van der Waals surface area contributed by atoms with E-state index in [9.17, 15) is 0 Å². The van der Waals surface area contributed by atoms with Gasteiger partial charge in [0, 0.05) is 21.4 Å². The van der Waals surface area contributed by atoms with Crippen LogP contribution in [0.4, 0.5) is 11.4 Å². The average molecular weight is 413 g/mol. The molecule has 0 atom stereocenters. The molecular formula is C16H15Cl5N2. The van der Waals surface area contributed by atoms with Gasteiger partial charge in [-0.1, -0.05) is 70.1 Å². The van der Waals surface area contributed by atoms with Crippen LogP contribution in [0.2, 0.25) is 10.0 Å². The van der Waals surface area contributed by atoms with Crippen molar-refractivity contribution in [1.29, 1.82) is 0 Å². The van der Waals surface area contributed by atoms with Crippen molar-refractivity contribution in [1.82, 2.24) is 0 Å². The van der Waals surface area contributed by atoms with Crippen molar-refractivity contribution in [3.05, 3.63) is 57.6 Å². The van der Waals surface area contributed by atoms with Crippen LogP contribution in [0.1, 0.15) is 11.1 Å². The van der Waals surface area contributed by atoms with Crippen LogP contribution in [0.3, 0.4) is 0 Å². The monoisotopic (exact) mass is 410 g/mol. The fourth-order valence-electron chi connectivity index (χ4n) is 2.04. The molecule has 0 fully saturated rings. The first kappa shape index (κ1) is 18.8. The van der Waals surface area contributed by atoms with Crippen LogP contribution < -0.4 is 10.6 Å². The van der Waals surface area contributed by atoms with Crippen LogP contribution in [0.5, 0.6) is 0 Å². The van der Waals surface area contributed by atoms with Crippen LogP contribution in [-0.2, 0) is 0 Å². The predicted molar refractivity (Wildman–Crippen MR) is 104 cm³/mol. The zero-order chi connectivity index (χ0) is 17.2. The van der Waals surface area contributed by atoms with E-state index >= 15 is 0 Å². The minimum atomic E-state index is -1.59. The Balaban J connectivity index is 2.31. The van der Waals surface area contributed by atoms with Gasteiger partial charge in [-0.15, -0.1) is 0 Å². The molecule has 0 heterocycles. The largest absolute Gasteiger partial charge is 0.362 e. The molecule has 0 aliphatic carbocycles. The Bertz CT molecular complexity index is 644. The van der Waals surface area contributed by atoms with E-state index in [1.165, 1.54) is 0 Å². The number of anilines is 2. The summed E-state index contributed by atoms with van der Waals surface area (Å²) in [4.78, 5) is 0. The van der Waals surface area contributed by atoms with Crippen LogP contribution in [0, 0.1) is 13.8 Å². The van der Waals surface area contributed by atoms with Crippen molar-refractivity contribution >= 4 is 69.4 Å². The molecule has 0 aliphatic heterocycles. The first-order valence-electron chi connectivity index (χ1n) is 6.80. The minimum Gasteiger partial charge on any atom is -0.362 e. The van der Waals surface area contributed by atoms with Gasteiger partial charge in [0.2, 0.25) is 3.79 Å². The van der Waals surface area contributed by atoms with E-state index < -0.39 is 9.96 Å². The number of halogens is 5. The highest BCUT2D eigenvalue weighted by molar-refractivity contribution is 6.68. The molecule has 2 aromatic carbocycles. The fourth-order valence-corrected chi connectivity index (χ4v) is 2.71. The maximum absolute atomic E-state index is 6.14. The Morgan fingerprint density at radius 1 is 0.783 bits per heavy atom. The van der Waals surface area contributed by atoms with Crippen molar-refractivity contribution in [2.24, 2.45) is 0 Å². The van der Waals surface area contributed by atoms with E-state index in [1.54, 1.807) is 12.1 Å². The van der Waals surface area contributed by atoms with Gasteiger partial charge in [-0.3, -0.25) is 0 Å². The van der Waals surface area contributed by atoms with Crippen molar-refractivity contribution in [2.75, 3.05) is 10.6 Å². The molecule has 0 spiro atoms. The third kappa shape index (κ3) is 4.74. The number of hydrogen-bond donors (Lipinski definition) is 2. The average Bonchev–Trinajstić information content (AvgIpc) is 2.46. The molecule has 2 aromatic rings. The van der Waals surface area contributed by atoms with Crippen molar-refractivity contribution in [3.63, 3.8) is 0 Å². The van der Waals surface area contributed by atoms with Gasteiger partial charge in [0.25, 0.3) is 0 Å². The molecular weight excluding hydrogens is 397 g/mol. The summed E-state index contributed by atoms with van der Waals surface area (Å²) in [7, 11) is 0. The summed E-state index contributed by atoms with van der Waals surface area (Å²) in [5.41, 5.74) is 3.30. The first-order chi connectivity index (χ1) is 10.7. The molecule has 0 aromatic heterocycles. The summed E-state index contributed by atoms with van der Waals surface area (Å²) < 4.78 is -1.59. The third-order valence-electron chi connectivity index (χ3n) is 3.46. The van der Waals surface area contributed by atoms with Crippen molar-refractivity contribution in [2.45, 2.75) is 23.8 Å². The predicted octanol–water partition coefficient (Wildman–Crippen LogP) is 6.83. The molecule has 0 saturated heterocycles. The lowest BCUT2D eigenvalue weighted by molar-refractivity contribution is 0.835. The maximum atomic E-state index is 6.14. The highest BCUT2D eigenvalue weighted by Crippen LogP contribution is 2.35. The lowest BCUT2D eigenvalue weighted by Crippen LogP contribution is -2.41. The molecule has 0 unspecified atom stereocenters. The summed E-state index contributed by atoms with van der Waals surface area (Å²) in [5.74, 6) is 0. The molecule has 0 radical (unpaired) electrons. The topological polar surface area (TPSA) is 24.1 Å². The van der Waals surface area contributed by atoms with Crippen LogP contribution in [0.15, 0.2) is 36.4 Å². The Hall–Kier alpha value is -0.510. The normalized spacial score (nSPS) is 11.7. The van der Waals surface area contributed by atoms with Gasteiger partial charge >= 0.3 is 0 Å². The number of benzene rings is 2. The second-order valence-electron chi connectivity index (χ2n) is 5.09. The van der Waals surface area contributed by atoms with E-state index in [2.05, 4.69) is 10.6 Å². The van der Waals surface area contributed by atoms with E-state index in [4.69, 9.17) is 58.0 Å². The SMILES string of the molecule is Cc1c(Cl)cccc1NC(Nc1cccc(Cl)c1C)C(Cl)(Cl)Cl. The Kier molecular flexibility index (Phi) is 6.21. The Labute approximate surface area is 161 Å². The smallest absolute Gasteiger partial charge is 0.228 e. The number of nitrogens with one attached hydrogen (secondary N) is 2. The Morgan fingerprint density at radius 2 is 1.17 bits per heavy atom. The summed E-state index contributed by atoms with van der Waals surface area (Å²) in [6.07, 6.45) is -0.679. The van der Waals surface area contributed by atoms with Gasteiger partial charge in [-0.05, 0) is 49.2 Å². The second kappa shape index (κ2) is 7.58. The zero-order valence-electron chi connectivity index (χ0n) is 12.4. The van der Waals surface area contributed by atoms with Crippen LogP contribution in [-0.4, -0.2) is 9.96 Å². The Morgan fingerprint density at radius 3 is 1.52 bits per heavy atom. The van der Waals surface area contributed by atoms with Gasteiger partial charge in [0.15, 0.2) is 0 Å². The summed E-state index contributed by atoms with van der Waals surface area (Å²) in [6.45, 7) is 3.79. The first-order valence-corrected chi connectivity index (χ1v) is 8.69. The lowest BCUT2D eigenvalue weighted by atomic mass is 10.2. The second-order valence-corrected chi connectivity index (χ2v) is 8.27. The molecule has 2 N–H and O–H groups in total. The van der Waals surface area contributed by atoms with Gasteiger partial charge in [0.05, 0.1) is 0 Å². The maximum Gasteiger partial charge on any atom is 0.228 e. The molecule has 124 valence electrons. The molecule has 2 rings (SSSR count). The summed E-state index contributed by atoms with van der Waals surface area (Å²) in [5, 5.41) is 7.65. The number of hydrogen-bond acceptors (Lipinski definition) is 2. The molecule has 0 saturated carbocycles. The van der Waals surface area contributed by atoms with E-state index in [-0.39, 0.29) is 0 Å². The number of alkyl halides is 3. The van der Waals surface area contributed by atoms with Gasteiger partial charge in [-0.2, -0.15) is 0 Å². The van der Waals surface area contributed by atoms with Crippen molar-refractivity contribution in [3.8, 4) is 0 Å². The molecule has 2 nitrogen and oxygen atoms in total. The molecule has 0 amide bonds. The molecule has 0 aliphatic rings. The van der Waals surface area contributed by atoms with E-state index in [0.29, 0.717) is 10.0 Å². The van der Waals surface area contributed by atoms with Crippen LogP contribution in [0.25, 0.3) is 0 Å². The summed E-state index contributed by atoms with van der Waals surface area (Å²) in [6, 6.07) is 11.0. The fraction of sp³-hybridized carbons (Fsp3) is 0.250. The third-order valence-corrected chi connectivity index (χ3v) is 4.94. The summed E-state index contributed by atoms with van der Waals surface area (Å²) >= 11 is 30.7. The minimum absolute atomic E-state index is 0.636. The molecule has 0 bridgehead atoms.